The largest absolute Gasteiger partial charge is 0.488 e. The van der Waals surface area contributed by atoms with Crippen LogP contribution < -0.4 is 14.4 Å². The number of carbonyl (C=O) groups is 1. The molecule has 4 rings (SSSR count). The number of aromatic nitrogens is 4. The van der Waals surface area contributed by atoms with Crippen LogP contribution in [0, 0.1) is 6.92 Å². The topological polar surface area (TPSA) is 82.4 Å². The van der Waals surface area contributed by atoms with Gasteiger partial charge in [-0.15, -0.1) is 0 Å². The van der Waals surface area contributed by atoms with E-state index in [0.29, 0.717) is 30.3 Å². The zero-order valence-corrected chi connectivity index (χ0v) is 17.0. The van der Waals surface area contributed by atoms with Crippen LogP contribution in [0.3, 0.4) is 0 Å². The van der Waals surface area contributed by atoms with Gasteiger partial charge in [0.05, 0.1) is 49.1 Å². The summed E-state index contributed by atoms with van der Waals surface area (Å²) in [4.78, 5) is 23.8. The maximum absolute atomic E-state index is 13.0. The number of methoxy groups -OCH3 is 1. The molecule has 0 saturated heterocycles. The lowest BCUT2D eigenvalue weighted by molar-refractivity contribution is 0.0996. The third-order valence-electron chi connectivity index (χ3n) is 4.92. The maximum atomic E-state index is 13.0. The van der Waals surface area contributed by atoms with Crippen molar-refractivity contribution >= 4 is 11.6 Å². The van der Waals surface area contributed by atoms with E-state index in [-0.39, 0.29) is 5.91 Å². The summed E-state index contributed by atoms with van der Waals surface area (Å²) in [7, 11) is 1.56. The molecule has 0 radical (unpaired) electrons. The Bertz CT molecular complexity index is 1080. The van der Waals surface area contributed by atoms with Crippen LogP contribution in [0.15, 0.2) is 30.7 Å². The highest BCUT2D eigenvalue weighted by atomic mass is 16.5. The van der Waals surface area contributed by atoms with Gasteiger partial charge in [-0.3, -0.25) is 19.4 Å². The van der Waals surface area contributed by atoms with Crippen molar-refractivity contribution in [2.75, 3.05) is 18.6 Å². The molecule has 150 valence electrons. The number of nitrogens with zero attached hydrogens (tertiary/aromatic N) is 5. The highest BCUT2D eigenvalue weighted by Crippen LogP contribution is 2.34. The van der Waals surface area contributed by atoms with Crippen LogP contribution in [0.1, 0.15) is 35.5 Å². The Labute approximate surface area is 169 Å². The highest BCUT2D eigenvalue weighted by molar-refractivity contribution is 6.10. The van der Waals surface area contributed by atoms with Crippen molar-refractivity contribution in [3.8, 4) is 22.9 Å². The van der Waals surface area contributed by atoms with E-state index in [1.54, 1.807) is 29.1 Å². The average molecular weight is 393 g/mol. The second-order valence-corrected chi connectivity index (χ2v) is 6.76. The summed E-state index contributed by atoms with van der Waals surface area (Å²) in [6, 6.07) is 3.78. The summed E-state index contributed by atoms with van der Waals surface area (Å²) in [6.45, 7) is 7.52. The lowest BCUT2D eigenvalue weighted by atomic mass is 10.1. The number of amides is 1. The van der Waals surface area contributed by atoms with Gasteiger partial charge in [0.25, 0.3) is 11.8 Å². The van der Waals surface area contributed by atoms with Gasteiger partial charge in [0.1, 0.15) is 0 Å². The second kappa shape index (κ2) is 7.54. The fraction of sp³-hybridized carbons (Fsp3) is 0.333. The standard InChI is InChI=1S/C21H23N5O3/c1-5-25-11-15(10-23-25)26-12-17-19(21(26)27)13(3)7-16(24-17)14-8-18(29-6-2)20(28-4)22-9-14/h7-11H,5-6,12H2,1-4H3. The predicted molar refractivity (Wildman–Crippen MR) is 108 cm³/mol. The Balaban J connectivity index is 1.71. The first-order valence-corrected chi connectivity index (χ1v) is 9.57. The quantitative estimate of drug-likeness (QED) is 0.639. The molecule has 1 aliphatic rings. The first-order valence-electron chi connectivity index (χ1n) is 9.57. The van der Waals surface area contributed by atoms with Crippen LogP contribution >= 0.6 is 0 Å². The Morgan fingerprint density at radius 2 is 2.03 bits per heavy atom. The average Bonchev–Trinajstić information content (AvgIpc) is 3.32. The molecule has 29 heavy (non-hydrogen) atoms. The smallest absolute Gasteiger partial charge is 0.260 e. The van der Waals surface area contributed by atoms with E-state index in [1.165, 1.54) is 0 Å². The zero-order valence-electron chi connectivity index (χ0n) is 17.0. The lowest BCUT2D eigenvalue weighted by Crippen LogP contribution is -2.22. The molecule has 3 aromatic rings. The molecule has 0 aromatic carbocycles. The Morgan fingerprint density at radius 1 is 1.21 bits per heavy atom. The molecule has 0 fully saturated rings. The van der Waals surface area contributed by atoms with E-state index < -0.39 is 0 Å². The van der Waals surface area contributed by atoms with Gasteiger partial charge in [-0.05, 0) is 38.5 Å². The van der Waals surface area contributed by atoms with Crippen LogP contribution in [-0.2, 0) is 13.1 Å². The summed E-state index contributed by atoms with van der Waals surface area (Å²) in [5, 5.41) is 4.28. The normalized spacial score (nSPS) is 13.0. The van der Waals surface area contributed by atoms with Crippen molar-refractivity contribution in [3.63, 3.8) is 0 Å². The molecule has 4 heterocycles. The second-order valence-electron chi connectivity index (χ2n) is 6.76. The van der Waals surface area contributed by atoms with Crippen molar-refractivity contribution in [2.45, 2.75) is 33.9 Å². The number of pyridine rings is 2. The minimum absolute atomic E-state index is 0.0462. The van der Waals surface area contributed by atoms with Gasteiger partial charge in [0, 0.05) is 24.5 Å². The Kier molecular flexibility index (Phi) is 4.92. The van der Waals surface area contributed by atoms with Crippen LogP contribution in [-0.4, -0.2) is 39.4 Å². The van der Waals surface area contributed by atoms with Gasteiger partial charge < -0.3 is 9.47 Å². The van der Waals surface area contributed by atoms with Crippen LogP contribution in [0.25, 0.3) is 11.3 Å². The van der Waals surface area contributed by atoms with Crippen LogP contribution in [0.2, 0.25) is 0 Å². The maximum Gasteiger partial charge on any atom is 0.260 e. The number of carbonyl (C=O) groups excluding carboxylic acids is 1. The van der Waals surface area contributed by atoms with E-state index in [2.05, 4.69) is 10.1 Å². The van der Waals surface area contributed by atoms with E-state index in [9.17, 15) is 4.79 Å². The number of rotatable bonds is 6. The van der Waals surface area contributed by atoms with Crippen molar-refractivity contribution < 1.29 is 14.3 Å². The molecule has 8 nitrogen and oxygen atoms in total. The van der Waals surface area contributed by atoms with Crippen LogP contribution in [0.4, 0.5) is 5.69 Å². The van der Waals surface area contributed by atoms with Gasteiger partial charge in [-0.2, -0.15) is 5.10 Å². The summed E-state index contributed by atoms with van der Waals surface area (Å²) >= 11 is 0. The molecule has 0 N–H and O–H groups in total. The third kappa shape index (κ3) is 3.30. The fourth-order valence-electron chi connectivity index (χ4n) is 3.51. The molecule has 0 unspecified atom stereocenters. The summed E-state index contributed by atoms with van der Waals surface area (Å²) in [5.74, 6) is 0.954. The number of ether oxygens (including phenoxy) is 2. The van der Waals surface area contributed by atoms with Crippen molar-refractivity contribution in [2.24, 2.45) is 0 Å². The molecule has 0 saturated carbocycles. The van der Waals surface area contributed by atoms with Crippen molar-refractivity contribution in [3.05, 3.63) is 47.5 Å². The zero-order chi connectivity index (χ0) is 20.5. The monoisotopic (exact) mass is 393 g/mol. The number of fused-ring (bicyclic) bond motifs is 1. The van der Waals surface area contributed by atoms with E-state index in [4.69, 9.17) is 14.5 Å². The van der Waals surface area contributed by atoms with Gasteiger partial charge in [-0.25, -0.2) is 4.98 Å². The minimum atomic E-state index is -0.0462. The molecule has 0 atom stereocenters. The van der Waals surface area contributed by atoms with Gasteiger partial charge in [-0.1, -0.05) is 0 Å². The van der Waals surface area contributed by atoms with Gasteiger partial charge in [0.2, 0.25) is 0 Å². The van der Waals surface area contributed by atoms with Gasteiger partial charge in [0.15, 0.2) is 5.75 Å². The number of anilines is 1. The fourth-order valence-corrected chi connectivity index (χ4v) is 3.51. The minimum Gasteiger partial charge on any atom is -0.488 e. The Hall–Kier alpha value is -3.42. The number of hydrogen-bond donors (Lipinski definition) is 0. The van der Waals surface area contributed by atoms with Crippen molar-refractivity contribution in [1.82, 2.24) is 19.7 Å². The Morgan fingerprint density at radius 3 is 2.72 bits per heavy atom. The number of hydrogen-bond acceptors (Lipinski definition) is 6. The first-order chi connectivity index (χ1) is 14.0. The first kappa shape index (κ1) is 18.9. The summed E-state index contributed by atoms with van der Waals surface area (Å²) in [5.41, 5.74) is 4.63. The number of aryl methyl sites for hydroxylation is 2. The molecule has 8 heteroatoms. The summed E-state index contributed by atoms with van der Waals surface area (Å²) in [6.07, 6.45) is 5.29. The van der Waals surface area contributed by atoms with Crippen LogP contribution in [0.5, 0.6) is 11.6 Å². The molecular weight excluding hydrogens is 370 g/mol. The van der Waals surface area contributed by atoms with E-state index >= 15 is 0 Å². The van der Waals surface area contributed by atoms with E-state index in [0.717, 1.165) is 34.7 Å². The van der Waals surface area contributed by atoms with Crippen molar-refractivity contribution in [1.29, 1.82) is 0 Å². The molecule has 0 aliphatic carbocycles. The molecule has 1 aliphatic heterocycles. The molecular formula is C21H23N5O3. The molecule has 0 bridgehead atoms. The molecule has 1 amide bonds. The molecule has 3 aromatic heterocycles. The SMILES string of the molecule is CCOc1cc(-c2cc(C)c3c(n2)CN(c2cnn(CC)c2)C3=O)cnc1OC. The molecule has 0 spiro atoms. The third-order valence-corrected chi connectivity index (χ3v) is 4.92. The lowest BCUT2D eigenvalue weighted by Gasteiger charge is -2.12. The summed E-state index contributed by atoms with van der Waals surface area (Å²) < 4.78 is 12.7. The highest BCUT2D eigenvalue weighted by Gasteiger charge is 2.32. The van der Waals surface area contributed by atoms with Gasteiger partial charge >= 0.3 is 0 Å². The van der Waals surface area contributed by atoms with E-state index in [1.807, 2.05) is 39.1 Å². The predicted octanol–water partition coefficient (Wildman–Crippen LogP) is 3.24.